The van der Waals surface area contributed by atoms with Crippen LogP contribution < -0.4 is 10.6 Å². The van der Waals surface area contributed by atoms with Crippen LogP contribution in [0.15, 0.2) is 18.3 Å². The van der Waals surface area contributed by atoms with E-state index in [1.165, 1.54) is 0 Å². The average Bonchev–Trinajstić information content (AvgIpc) is 2.27. The SMILES string of the molecule is CC(O)CNCCNc1cc(C(F)(F)F)ccn1. The molecule has 0 radical (unpaired) electrons. The summed E-state index contributed by atoms with van der Waals surface area (Å²) in [5.74, 6) is 0.184. The van der Waals surface area contributed by atoms with Crippen molar-refractivity contribution in [2.45, 2.75) is 19.2 Å². The third-order valence-corrected chi connectivity index (χ3v) is 2.13. The topological polar surface area (TPSA) is 57.2 Å². The molecule has 0 bridgehead atoms. The number of halogens is 3. The summed E-state index contributed by atoms with van der Waals surface area (Å²) in [6, 6.07) is 1.89. The van der Waals surface area contributed by atoms with Crippen LogP contribution in [-0.4, -0.2) is 35.8 Å². The smallest absolute Gasteiger partial charge is 0.392 e. The first-order valence-electron chi connectivity index (χ1n) is 5.55. The van der Waals surface area contributed by atoms with Crippen molar-refractivity contribution in [2.75, 3.05) is 25.0 Å². The van der Waals surface area contributed by atoms with Crippen molar-refractivity contribution < 1.29 is 18.3 Å². The summed E-state index contributed by atoms with van der Waals surface area (Å²) in [6.07, 6.45) is -3.69. The molecule has 1 aromatic heterocycles. The van der Waals surface area contributed by atoms with Gasteiger partial charge in [0.1, 0.15) is 5.82 Å². The van der Waals surface area contributed by atoms with Crippen molar-refractivity contribution in [1.29, 1.82) is 0 Å². The van der Waals surface area contributed by atoms with E-state index in [4.69, 9.17) is 5.11 Å². The minimum absolute atomic E-state index is 0.184. The first-order valence-corrected chi connectivity index (χ1v) is 5.55. The Labute approximate surface area is 103 Å². The quantitative estimate of drug-likeness (QED) is 0.680. The van der Waals surface area contributed by atoms with E-state index in [0.29, 0.717) is 19.6 Å². The lowest BCUT2D eigenvalue weighted by atomic mass is 10.2. The van der Waals surface area contributed by atoms with Crippen molar-refractivity contribution in [3.05, 3.63) is 23.9 Å². The molecule has 0 spiro atoms. The number of alkyl halides is 3. The van der Waals surface area contributed by atoms with Crippen LogP contribution in [0.2, 0.25) is 0 Å². The molecule has 0 aliphatic carbocycles. The molecule has 0 amide bonds. The summed E-state index contributed by atoms with van der Waals surface area (Å²) in [4.78, 5) is 3.80. The van der Waals surface area contributed by atoms with E-state index in [9.17, 15) is 13.2 Å². The highest BCUT2D eigenvalue weighted by atomic mass is 19.4. The highest BCUT2D eigenvalue weighted by molar-refractivity contribution is 5.38. The molecule has 1 atom stereocenters. The van der Waals surface area contributed by atoms with Crippen LogP contribution in [0, 0.1) is 0 Å². The van der Waals surface area contributed by atoms with Crippen LogP contribution in [0.25, 0.3) is 0 Å². The predicted octanol–water partition coefficient (Wildman–Crippen LogP) is 1.48. The third kappa shape index (κ3) is 5.33. The first kappa shape index (κ1) is 14.7. The Kier molecular flexibility index (Phi) is 5.36. The van der Waals surface area contributed by atoms with Gasteiger partial charge in [-0.05, 0) is 19.1 Å². The van der Waals surface area contributed by atoms with Gasteiger partial charge in [0.2, 0.25) is 0 Å². The molecule has 1 heterocycles. The van der Waals surface area contributed by atoms with Crippen molar-refractivity contribution >= 4 is 5.82 Å². The number of nitrogens with zero attached hydrogens (tertiary/aromatic N) is 1. The summed E-state index contributed by atoms with van der Waals surface area (Å²) in [5, 5.41) is 14.7. The number of nitrogens with one attached hydrogen (secondary N) is 2. The Morgan fingerprint density at radius 2 is 2.11 bits per heavy atom. The van der Waals surface area contributed by atoms with E-state index in [0.717, 1.165) is 18.3 Å². The highest BCUT2D eigenvalue weighted by Crippen LogP contribution is 2.29. The number of hydrogen-bond acceptors (Lipinski definition) is 4. The first-order chi connectivity index (χ1) is 8.39. The van der Waals surface area contributed by atoms with E-state index >= 15 is 0 Å². The summed E-state index contributed by atoms with van der Waals surface area (Å²) < 4.78 is 37.2. The fraction of sp³-hybridized carbons (Fsp3) is 0.545. The van der Waals surface area contributed by atoms with Gasteiger partial charge in [0, 0.05) is 25.8 Å². The number of pyridine rings is 1. The molecule has 0 fully saturated rings. The van der Waals surface area contributed by atoms with Crippen molar-refractivity contribution in [3.8, 4) is 0 Å². The van der Waals surface area contributed by atoms with Crippen LogP contribution in [0.4, 0.5) is 19.0 Å². The lowest BCUT2D eigenvalue weighted by Crippen LogP contribution is -2.29. The van der Waals surface area contributed by atoms with E-state index in [-0.39, 0.29) is 5.82 Å². The van der Waals surface area contributed by atoms with E-state index in [1.54, 1.807) is 6.92 Å². The molecular formula is C11H16F3N3O. The summed E-state index contributed by atoms with van der Waals surface area (Å²) in [7, 11) is 0. The number of aliphatic hydroxyl groups is 1. The summed E-state index contributed by atoms with van der Waals surface area (Å²) in [6.45, 7) is 3.05. The molecule has 7 heteroatoms. The predicted molar refractivity (Wildman–Crippen MR) is 62.3 cm³/mol. The summed E-state index contributed by atoms with van der Waals surface area (Å²) in [5.41, 5.74) is -0.725. The zero-order valence-corrected chi connectivity index (χ0v) is 9.96. The van der Waals surface area contributed by atoms with Crippen LogP contribution >= 0.6 is 0 Å². The molecular weight excluding hydrogens is 247 g/mol. The van der Waals surface area contributed by atoms with Gasteiger partial charge in [-0.2, -0.15) is 13.2 Å². The Hall–Kier alpha value is -1.34. The molecule has 0 aromatic carbocycles. The van der Waals surface area contributed by atoms with Gasteiger partial charge in [0.15, 0.2) is 0 Å². The maximum atomic E-state index is 12.4. The van der Waals surface area contributed by atoms with E-state index < -0.39 is 17.8 Å². The summed E-state index contributed by atoms with van der Waals surface area (Å²) >= 11 is 0. The number of hydrogen-bond donors (Lipinski definition) is 3. The fourth-order valence-corrected chi connectivity index (χ4v) is 1.29. The maximum Gasteiger partial charge on any atom is 0.416 e. The Bertz CT molecular complexity index is 369. The molecule has 18 heavy (non-hydrogen) atoms. The van der Waals surface area contributed by atoms with Gasteiger partial charge in [-0.15, -0.1) is 0 Å². The Morgan fingerprint density at radius 1 is 1.39 bits per heavy atom. The molecule has 0 saturated heterocycles. The molecule has 0 aliphatic rings. The molecule has 1 aromatic rings. The van der Waals surface area contributed by atoms with Crippen molar-refractivity contribution in [2.24, 2.45) is 0 Å². The monoisotopic (exact) mass is 263 g/mol. The van der Waals surface area contributed by atoms with E-state index in [2.05, 4.69) is 15.6 Å². The Balaban J connectivity index is 2.39. The van der Waals surface area contributed by atoms with Crippen LogP contribution in [0.1, 0.15) is 12.5 Å². The number of aromatic nitrogens is 1. The largest absolute Gasteiger partial charge is 0.416 e. The highest BCUT2D eigenvalue weighted by Gasteiger charge is 2.30. The standard InChI is InChI=1S/C11H16F3N3O/c1-8(18)7-15-4-5-17-10-6-9(2-3-16-10)11(12,13)14/h2-3,6,8,15,18H,4-5,7H2,1H3,(H,16,17). The molecule has 102 valence electrons. The lowest BCUT2D eigenvalue weighted by molar-refractivity contribution is -0.137. The maximum absolute atomic E-state index is 12.4. The minimum Gasteiger partial charge on any atom is -0.392 e. The molecule has 1 rings (SSSR count). The second kappa shape index (κ2) is 6.55. The van der Waals surface area contributed by atoms with Gasteiger partial charge in [-0.3, -0.25) is 0 Å². The van der Waals surface area contributed by atoms with Gasteiger partial charge in [0.25, 0.3) is 0 Å². The average molecular weight is 263 g/mol. The van der Waals surface area contributed by atoms with Gasteiger partial charge >= 0.3 is 6.18 Å². The van der Waals surface area contributed by atoms with Crippen molar-refractivity contribution in [3.63, 3.8) is 0 Å². The van der Waals surface area contributed by atoms with Gasteiger partial charge < -0.3 is 15.7 Å². The molecule has 3 N–H and O–H groups in total. The zero-order valence-electron chi connectivity index (χ0n) is 9.96. The second-order valence-electron chi connectivity index (χ2n) is 3.91. The Morgan fingerprint density at radius 3 is 2.72 bits per heavy atom. The normalized spacial score (nSPS) is 13.4. The molecule has 1 unspecified atom stereocenters. The number of anilines is 1. The lowest BCUT2D eigenvalue weighted by Gasteiger charge is -2.10. The van der Waals surface area contributed by atoms with Gasteiger partial charge in [-0.25, -0.2) is 4.98 Å². The minimum atomic E-state index is -4.36. The fourth-order valence-electron chi connectivity index (χ4n) is 1.29. The third-order valence-electron chi connectivity index (χ3n) is 2.13. The van der Waals surface area contributed by atoms with Gasteiger partial charge in [0.05, 0.1) is 11.7 Å². The molecule has 0 saturated carbocycles. The van der Waals surface area contributed by atoms with Crippen LogP contribution in [0.5, 0.6) is 0 Å². The molecule has 4 nitrogen and oxygen atoms in total. The van der Waals surface area contributed by atoms with Gasteiger partial charge in [-0.1, -0.05) is 0 Å². The van der Waals surface area contributed by atoms with E-state index in [1.807, 2.05) is 0 Å². The zero-order chi connectivity index (χ0) is 13.6. The number of aliphatic hydroxyl groups excluding tert-OH is 1. The van der Waals surface area contributed by atoms with Crippen LogP contribution in [-0.2, 0) is 6.18 Å². The van der Waals surface area contributed by atoms with Crippen LogP contribution in [0.3, 0.4) is 0 Å². The molecule has 0 aliphatic heterocycles. The van der Waals surface area contributed by atoms with Crippen molar-refractivity contribution in [1.82, 2.24) is 10.3 Å². The number of rotatable bonds is 6. The second-order valence-corrected chi connectivity index (χ2v) is 3.91.